The van der Waals surface area contributed by atoms with E-state index in [1.165, 1.54) is 39.3 Å². The van der Waals surface area contributed by atoms with Crippen LogP contribution in [0, 0.1) is 3.57 Å². The van der Waals surface area contributed by atoms with Crippen LogP contribution in [0.2, 0.25) is 0 Å². The van der Waals surface area contributed by atoms with Crippen LogP contribution in [0.1, 0.15) is 6.92 Å². The van der Waals surface area contributed by atoms with E-state index in [2.05, 4.69) is 32.6 Å². The molecule has 0 saturated heterocycles. The van der Waals surface area contributed by atoms with Gasteiger partial charge in [-0.05, 0) is 65.9 Å². The number of hydrogen-bond donors (Lipinski definition) is 2. The molecule has 0 bridgehead atoms. The number of halogens is 1. The first-order valence-corrected chi connectivity index (χ1v) is 10.1. The van der Waals surface area contributed by atoms with Gasteiger partial charge in [-0.3, -0.25) is 4.79 Å². The van der Waals surface area contributed by atoms with Crippen LogP contribution < -0.4 is 19.5 Å². The normalized spacial score (nSPS) is 12.3. The Morgan fingerprint density at radius 1 is 1.04 bits per heavy atom. The molecule has 0 aliphatic heterocycles. The fourth-order valence-electron chi connectivity index (χ4n) is 2.12. The molecular formula is C17H19IN2O5S. The van der Waals surface area contributed by atoms with Crippen LogP contribution >= 0.6 is 22.6 Å². The zero-order valence-electron chi connectivity index (χ0n) is 14.4. The number of hydrogen-bond acceptors (Lipinski definition) is 5. The maximum Gasteiger partial charge on any atom is 0.242 e. The van der Waals surface area contributed by atoms with Gasteiger partial charge in [0.25, 0.3) is 0 Å². The Bertz CT molecular complexity index is 885. The fourth-order valence-corrected chi connectivity index (χ4v) is 3.70. The lowest BCUT2D eigenvalue weighted by molar-refractivity contribution is -0.117. The van der Waals surface area contributed by atoms with Crippen LogP contribution in [0.15, 0.2) is 47.4 Å². The summed E-state index contributed by atoms with van der Waals surface area (Å²) in [5.74, 6) is 0.234. The van der Waals surface area contributed by atoms with Crippen molar-refractivity contribution in [2.24, 2.45) is 0 Å². The molecule has 2 aromatic carbocycles. The number of rotatable bonds is 7. The minimum atomic E-state index is -3.91. The Morgan fingerprint density at radius 3 is 2.23 bits per heavy atom. The van der Waals surface area contributed by atoms with Gasteiger partial charge in [0.1, 0.15) is 0 Å². The van der Waals surface area contributed by atoms with Crippen molar-refractivity contribution in [3.05, 3.63) is 46.0 Å². The molecule has 0 aliphatic rings. The summed E-state index contributed by atoms with van der Waals surface area (Å²) in [5, 5.41) is 2.67. The Balaban J connectivity index is 2.12. The van der Waals surface area contributed by atoms with Crippen molar-refractivity contribution in [1.82, 2.24) is 4.72 Å². The predicted octanol–water partition coefficient (Wildman–Crippen LogP) is 2.61. The first-order chi connectivity index (χ1) is 12.3. The molecule has 0 radical (unpaired) electrons. The lowest BCUT2D eigenvalue weighted by atomic mass is 10.3. The van der Waals surface area contributed by atoms with Crippen molar-refractivity contribution in [2.75, 3.05) is 19.5 Å². The van der Waals surface area contributed by atoms with Crippen LogP contribution in [-0.4, -0.2) is 34.6 Å². The molecule has 0 fully saturated rings. The molecule has 9 heteroatoms. The zero-order chi connectivity index (χ0) is 19.3. The van der Waals surface area contributed by atoms with Crippen LogP contribution in [0.25, 0.3) is 0 Å². The van der Waals surface area contributed by atoms with Gasteiger partial charge in [-0.1, -0.05) is 0 Å². The summed E-state index contributed by atoms with van der Waals surface area (Å²) >= 11 is 2.15. The highest BCUT2D eigenvalue weighted by molar-refractivity contribution is 14.1. The van der Waals surface area contributed by atoms with Gasteiger partial charge in [-0.15, -0.1) is 0 Å². The number of ether oxygens (including phenoxy) is 2. The van der Waals surface area contributed by atoms with Gasteiger partial charge in [0.05, 0.1) is 25.2 Å². The number of methoxy groups -OCH3 is 2. The summed E-state index contributed by atoms with van der Waals surface area (Å²) in [6.07, 6.45) is 0. The molecule has 140 valence electrons. The predicted molar refractivity (Wildman–Crippen MR) is 107 cm³/mol. The second kappa shape index (κ2) is 8.69. The number of amides is 1. The molecule has 0 spiro atoms. The maximum absolute atomic E-state index is 12.5. The average molecular weight is 490 g/mol. The number of benzene rings is 2. The Morgan fingerprint density at radius 2 is 1.65 bits per heavy atom. The maximum atomic E-state index is 12.5. The minimum absolute atomic E-state index is 0.0240. The van der Waals surface area contributed by atoms with E-state index in [-0.39, 0.29) is 10.6 Å². The first kappa shape index (κ1) is 20.5. The number of anilines is 1. The van der Waals surface area contributed by atoms with Crippen molar-refractivity contribution >= 4 is 44.2 Å². The van der Waals surface area contributed by atoms with Crippen molar-refractivity contribution in [2.45, 2.75) is 17.9 Å². The van der Waals surface area contributed by atoms with E-state index in [1.54, 1.807) is 12.1 Å². The molecule has 1 amide bonds. The van der Waals surface area contributed by atoms with Gasteiger partial charge in [0.2, 0.25) is 15.9 Å². The summed E-state index contributed by atoms with van der Waals surface area (Å²) in [5.41, 5.74) is 0.590. The molecule has 2 aromatic rings. The first-order valence-electron chi connectivity index (χ1n) is 7.57. The highest BCUT2D eigenvalue weighted by Crippen LogP contribution is 2.29. The van der Waals surface area contributed by atoms with Gasteiger partial charge >= 0.3 is 0 Å². The van der Waals surface area contributed by atoms with E-state index >= 15 is 0 Å². The molecule has 1 unspecified atom stereocenters. The lowest BCUT2D eigenvalue weighted by Gasteiger charge is -2.15. The highest BCUT2D eigenvalue weighted by atomic mass is 127. The summed E-state index contributed by atoms with van der Waals surface area (Å²) in [4.78, 5) is 12.2. The van der Waals surface area contributed by atoms with Gasteiger partial charge in [0, 0.05) is 15.3 Å². The quantitative estimate of drug-likeness (QED) is 0.583. The molecule has 26 heavy (non-hydrogen) atoms. The van der Waals surface area contributed by atoms with Gasteiger partial charge < -0.3 is 14.8 Å². The van der Waals surface area contributed by atoms with E-state index in [0.717, 1.165) is 3.57 Å². The van der Waals surface area contributed by atoms with Gasteiger partial charge in [-0.25, -0.2) is 8.42 Å². The standard InChI is InChI=1S/C17H19IN2O5S/c1-11(17(21)19-13-6-4-12(18)5-7-13)20-26(22,23)14-8-9-15(24-2)16(10-14)25-3/h4-11,20H,1-3H3,(H,19,21). The number of nitrogens with one attached hydrogen (secondary N) is 2. The van der Waals surface area contributed by atoms with E-state index < -0.39 is 22.0 Å². The Labute approximate surface area is 166 Å². The van der Waals surface area contributed by atoms with Crippen LogP contribution in [0.5, 0.6) is 11.5 Å². The molecule has 0 saturated carbocycles. The SMILES string of the molecule is COc1ccc(S(=O)(=O)NC(C)C(=O)Nc2ccc(I)cc2)cc1OC. The second-order valence-corrected chi connectivity index (χ2v) is 8.32. The van der Waals surface area contributed by atoms with Crippen LogP contribution in [0.4, 0.5) is 5.69 Å². The summed E-state index contributed by atoms with van der Waals surface area (Å²) in [6.45, 7) is 1.47. The molecule has 0 aromatic heterocycles. The molecule has 2 N–H and O–H groups in total. The zero-order valence-corrected chi connectivity index (χ0v) is 17.4. The highest BCUT2D eigenvalue weighted by Gasteiger charge is 2.23. The molecule has 2 rings (SSSR count). The van der Waals surface area contributed by atoms with E-state index in [1.807, 2.05) is 12.1 Å². The number of carbonyl (C=O) groups excluding carboxylic acids is 1. The van der Waals surface area contributed by atoms with E-state index in [0.29, 0.717) is 11.4 Å². The average Bonchev–Trinajstić information content (AvgIpc) is 2.62. The lowest BCUT2D eigenvalue weighted by Crippen LogP contribution is -2.41. The topological polar surface area (TPSA) is 93.7 Å². The number of sulfonamides is 1. The van der Waals surface area contributed by atoms with Gasteiger partial charge in [-0.2, -0.15) is 4.72 Å². The second-order valence-electron chi connectivity index (χ2n) is 5.36. The van der Waals surface area contributed by atoms with Crippen LogP contribution in [-0.2, 0) is 14.8 Å². The summed E-state index contributed by atoms with van der Waals surface area (Å²) in [7, 11) is -1.03. The molecule has 0 aliphatic carbocycles. The fraction of sp³-hybridized carbons (Fsp3) is 0.235. The largest absolute Gasteiger partial charge is 0.493 e. The third-order valence-electron chi connectivity index (χ3n) is 3.50. The smallest absolute Gasteiger partial charge is 0.242 e. The summed E-state index contributed by atoms with van der Waals surface area (Å²) in [6, 6.07) is 10.4. The third kappa shape index (κ3) is 5.08. The molecular weight excluding hydrogens is 471 g/mol. The van der Waals surface area contributed by atoms with Crippen molar-refractivity contribution in [3.8, 4) is 11.5 Å². The molecule has 7 nitrogen and oxygen atoms in total. The summed E-state index contributed by atoms with van der Waals surface area (Å²) < 4.78 is 38.6. The monoisotopic (exact) mass is 490 g/mol. The van der Waals surface area contributed by atoms with Crippen LogP contribution in [0.3, 0.4) is 0 Å². The Kier molecular flexibility index (Phi) is 6.84. The minimum Gasteiger partial charge on any atom is -0.493 e. The van der Waals surface area contributed by atoms with E-state index in [4.69, 9.17) is 9.47 Å². The van der Waals surface area contributed by atoms with Gasteiger partial charge in [0.15, 0.2) is 11.5 Å². The molecule has 0 heterocycles. The van der Waals surface area contributed by atoms with Crippen molar-refractivity contribution in [3.63, 3.8) is 0 Å². The third-order valence-corrected chi connectivity index (χ3v) is 5.76. The number of carbonyl (C=O) groups is 1. The molecule has 1 atom stereocenters. The van der Waals surface area contributed by atoms with Crippen molar-refractivity contribution in [1.29, 1.82) is 0 Å². The van der Waals surface area contributed by atoms with Crippen molar-refractivity contribution < 1.29 is 22.7 Å². The van der Waals surface area contributed by atoms with E-state index in [9.17, 15) is 13.2 Å². The Hall–Kier alpha value is -1.85.